The molecule has 0 saturated carbocycles. The van der Waals surface area contributed by atoms with Crippen molar-refractivity contribution in [2.45, 2.75) is 6.17 Å². The molecule has 3 nitrogen and oxygen atoms in total. The van der Waals surface area contributed by atoms with Gasteiger partial charge in [0.15, 0.2) is 11.5 Å². The van der Waals surface area contributed by atoms with Gasteiger partial charge in [-0.15, -0.1) is 0 Å². The molecule has 0 bridgehead atoms. The Bertz CT molecular complexity index is 291. The first-order valence-electron chi connectivity index (χ1n) is 3.90. The third kappa shape index (κ3) is 1.89. The monoisotopic (exact) mass is 185 g/mol. The van der Waals surface area contributed by atoms with Crippen LogP contribution in [0.1, 0.15) is 11.7 Å². The molecule has 1 unspecified atom stereocenters. The SMILES string of the molecule is COc1c(O)cccc1C(F)CN. The molecule has 0 fully saturated rings. The van der Waals surface area contributed by atoms with Gasteiger partial charge in [-0.2, -0.15) is 0 Å². The van der Waals surface area contributed by atoms with Gasteiger partial charge < -0.3 is 15.6 Å². The molecule has 13 heavy (non-hydrogen) atoms. The summed E-state index contributed by atoms with van der Waals surface area (Å²) in [5.41, 5.74) is 5.45. The Balaban J connectivity index is 3.12. The minimum absolute atomic E-state index is 0.0731. The van der Waals surface area contributed by atoms with Gasteiger partial charge in [-0.3, -0.25) is 0 Å². The number of phenolic OH excluding ortho intramolecular Hbond substituents is 1. The summed E-state index contributed by atoms with van der Waals surface area (Å²) in [6, 6.07) is 4.52. The van der Waals surface area contributed by atoms with Crippen LogP contribution in [0.2, 0.25) is 0 Å². The van der Waals surface area contributed by atoms with Gasteiger partial charge >= 0.3 is 0 Å². The fourth-order valence-corrected chi connectivity index (χ4v) is 1.14. The summed E-state index contributed by atoms with van der Waals surface area (Å²) in [7, 11) is 1.38. The highest BCUT2D eigenvalue weighted by molar-refractivity contribution is 5.46. The second kappa shape index (κ2) is 4.09. The Labute approximate surface area is 75.9 Å². The molecular weight excluding hydrogens is 173 g/mol. The van der Waals surface area contributed by atoms with Gasteiger partial charge in [0.25, 0.3) is 0 Å². The van der Waals surface area contributed by atoms with E-state index in [1.165, 1.54) is 19.2 Å². The fourth-order valence-electron chi connectivity index (χ4n) is 1.14. The van der Waals surface area contributed by atoms with E-state index in [1.54, 1.807) is 6.07 Å². The lowest BCUT2D eigenvalue weighted by molar-refractivity contribution is 0.320. The van der Waals surface area contributed by atoms with Gasteiger partial charge in [0, 0.05) is 12.1 Å². The van der Waals surface area contributed by atoms with E-state index in [9.17, 15) is 9.50 Å². The zero-order valence-electron chi connectivity index (χ0n) is 7.33. The van der Waals surface area contributed by atoms with Crippen molar-refractivity contribution in [2.75, 3.05) is 13.7 Å². The van der Waals surface area contributed by atoms with Crippen molar-refractivity contribution in [1.82, 2.24) is 0 Å². The van der Waals surface area contributed by atoms with E-state index in [-0.39, 0.29) is 23.6 Å². The normalized spacial score (nSPS) is 12.5. The van der Waals surface area contributed by atoms with Crippen molar-refractivity contribution in [3.8, 4) is 11.5 Å². The topological polar surface area (TPSA) is 55.5 Å². The molecule has 3 N–H and O–H groups in total. The van der Waals surface area contributed by atoms with Gasteiger partial charge in [0.2, 0.25) is 0 Å². The molecule has 1 aromatic carbocycles. The van der Waals surface area contributed by atoms with Gasteiger partial charge in [-0.25, -0.2) is 4.39 Å². The molecule has 0 aromatic heterocycles. The summed E-state index contributed by atoms with van der Waals surface area (Å²) in [6.07, 6.45) is -1.30. The third-order valence-corrected chi connectivity index (χ3v) is 1.77. The maximum absolute atomic E-state index is 13.2. The number of para-hydroxylation sites is 1. The number of hydrogen-bond acceptors (Lipinski definition) is 3. The predicted molar refractivity (Wildman–Crippen MR) is 47.6 cm³/mol. The standard InChI is InChI=1S/C9H12FNO2/c1-13-9-6(7(10)5-11)3-2-4-8(9)12/h2-4,7,12H,5,11H2,1H3. The molecule has 0 aliphatic carbocycles. The second-order valence-electron chi connectivity index (χ2n) is 2.60. The Morgan fingerprint density at radius 1 is 1.62 bits per heavy atom. The van der Waals surface area contributed by atoms with Crippen molar-refractivity contribution < 1.29 is 14.2 Å². The van der Waals surface area contributed by atoms with E-state index in [4.69, 9.17) is 10.5 Å². The molecule has 0 radical (unpaired) electrons. The number of rotatable bonds is 3. The van der Waals surface area contributed by atoms with Gasteiger partial charge in [0.05, 0.1) is 7.11 Å². The van der Waals surface area contributed by atoms with Crippen molar-refractivity contribution in [2.24, 2.45) is 5.73 Å². The number of phenols is 1. The van der Waals surface area contributed by atoms with Gasteiger partial charge in [-0.1, -0.05) is 12.1 Å². The number of halogens is 1. The highest BCUT2D eigenvalue weighted by Gasteiger charge is 2.15. The molecule has 0 amide bonds. The van der Waals surface area contributed by atoms with Crippen LogP contribution in [0.25, 0.3) is 0 Å². The maximum atomic E-state index is 13.2. The lowest BCUT2D eigenvalue weighted by Gasteiger charge is -2.11. The molecular formula is C9H12FNO2. The number of nitrogens with two attached hydrogens (primary N) is 1. The zero-order valence-corrected chi connectivity index (χ0v) is 7.33. The Hall–Kier alpha value is -1.29. The third-order valence-electron chi connectivity index (χ3n) is 1.77. The molecule has 0 heterocycles. The van der Waals surface area contributed by atoms with Crippen molar-refractivity contribution in [3.05, 3.63) is 23.8 Å². The smallest absolute Gasteiger partial charge is 0.166 e. The van der Waals surface area contributed by atoms with E-state index in [0.717, 1.165) is 0 Å². The predicted octanol–water partition coefficient (Wildman–Crippen LogP) is 1.37. The summed E-state index contributed by atoms with van der Waals surface area (Å²) in [4.78, 5) is 0. The fraction of sp³-hybridized carbons (Fsp3) is 0.333. The number of methoxy groups -OCH3 is 1. The highest BCUT2D eigenvalue weighted by Crippen LogP contribution is 2.34. The first-order valence-corrected chi connectivity index (χ1v) is 3.90. The highest BCUT2D eigenvalue weighted by atomic mass is 19.1. The number of hydrogen-bond donors (Lipinski definition) is 2. The average molecular weight is 185 g/mol. The molecule has 1 aromatic rings. The van der Waals surface area contributed by atoms with Crippen molar-refractivity contribution >= 4 is 0 Å². The van der Waals surface area contributed by atoms with Crippen LogP contribution in [0.4, 0.5) is 4.39 Å². The molecule has 0 saturated heterocycles. The molecule has 1 rings (SSSR count). The second-order valence-corrected chi connectivity index (χ2v) is 2.60. The molecule has 72 valence electrons. The number of benzene rings is 1. The van der Waals surface area contributed by atoms with Gasteiger partial charge in [-0.05, 0) is 6.07 Å². The number of aromatic hydroxyl groups is 1. The van der Waals surface area contributed by atoms with Crippen LogP contribution in [0.3, 0.4) is 0 Å². The number of ether oxygens (including phenoxy) is 1. The van der Waals surface area contributed by atoms with E-state index >= 15 is 0 Å². The van der Waals surface area contributed by atoms with Crippen LogP contribution in [0.15, 0.2) is 18.2 Å². The summed E-state index contributed by atoms with van der Waals surface area (Å²) < 4.78 is 18.0. The van der Waals surface area contributed by atoms with Gasteiger partial charge in [0.1, 0.15) is 6.17 Å². The quantitative estimate of drug-likeness (QED) is 0.747. The Morgan fingerprint density at radius 2 is 2.31 bits per heavy atom. The minimum atomic E-state index is -1.30. The van der Waals surface area contributed by atoms with E-state index in [2.05, 4.69) is 0 Å². The maximum Gasteiger partial charge on any atom is 0.166 e. The van der Waals surface area contributed by atoms with Crippen LogP contribution in [-0.2, 0) is 0 Å². The van der Waals surface area contributed by atoms with Crippen molar-refractivity contribution in [1.29, 1.82) is 0 Å². The van der Waals surface area contributed by atoms with E-state index < -0.39 is 6.17 Å². The first-order chi connectivity index (χ1) is 6.20. The van der Waals surface area contributed by atoms with Crippen LogP contribution < -0.4 is 10.5 Å². The average Bonchev–Trinajstić information content (AvgIpc) is 2.16. The lowest BCUT2D eigenvalue weighted by atomic mass is 10.1. The molecule has 0 spiro atoms. The van der Waals surface area contributed by atoms with E-state index in [1.807, 2.05) is 0 Å². The van der Waals surface area contributed by atoms with Crippen LogP contribution in [0, 0.1) is 0 Å². The molecule has 0 aliphatic rings. The summed E-state index contributed by atoms with van der Waals surface area (Å²) >= 11 is 0. The lowest BCUT2D eigenvalue weighted by Crippen LogP contribution is -2.08. The number of alkyl halides is 1. The van der Waals surface area contributed by atoms with Crippen LogP contribution in [0.5, 0.6) is 11.5 Å². The summed E-state index contributed by atoms with van der Waals surface area (Å²) in [6.45, 7) is -0.125. The Morgan fingerprint density at radius 3 is 2.85 bits per heavy atom. The largest absolute Gasteiger partial charge is 0.504 e. The Kier molecular flexibility index (Phi) is 3.08. The van der Waals surface area contributed by atoms with Crippen LogP contribution >= 0.6 is 0 Å². The summed E-state index contributed by atoms with van der Waals surface area (Å²) in [5, 5.41) is 9.30. The van der Waals surface area contributed by atoms with E-state index in [0.29, 0.717) is 0 Å². The molecule has 1 atom stereocenters. The van der Waals surface area contributed by atoms with Crippen molar-refractivity contribution in [3.63, 3.8) is 0 Å². The zero-order chi connectivity index (χ0) is 9.84. The molecule has 4 heteroatoms. The first kappa shape index (κ1) is 9.80. The molecule has 0 aliphatic heterocycles. The summed E-state index contributed by atoms with van der Waals surface area (Å²) in [5.74, 6) is 0.0801. The minimum Gasteiger partial charge on any atom is -0.504 e. The van der Waals surface area contributed by atoms with Crippen LogP contribution in [-0.4, -0.2) is 18.8 Å².